The molecule has 0 atom stereocenters. The molecule has 6 heteroatoms. The van der Waals surface area contributed by atoms with Crippen LogP contribution in [0.5, 0.6) is 11.5 Å². The third-order valence-corrected chi connectivity index (χ3v) is 6.07. The molecule has 2 amide bonds. The quantitative estimate of drug-likeness (QED) is 0.868. The van der Waals surface area contributed by atoms with E-state index in [1.54, 1.807) is 0 Å². The van der Waals surface area contributed by atoms with Crippen molar-refractivity contribution < 1.29 is 14.3 Å². The molecule has 3 heterocycles. The van der Waals surface area contributed by atoms with Crippen LogP contribution in [-0.4, -0.2) is 56.9 Å². The van der Waals surface area contributed by atoms with Gasteiger partial charge in [0.05, 0.1) is 0 Å². The van der Waals surface area contributed by atoms with E-state index in [1.165, 1.54) is 12.8 Å². The van der Waals surface area contributed by atoms with Gasteiger partial charge in [0.15, 0.2) is 11.5 Å². The van der Waals surface area contributed by atoms with Crippen molar-refractivity contribution in [3.8, 4) is 11.5 Å². The highest BCUT2D eigenvalue weighted by Gasteiger charge is 2.36. The summed E-state index contributed by atoms with van der Waals surface area (Å²) in [7, 11) is 0. The normalized spacial score (nSPS) is 21.5. The largest absolute Gasteiger partial charge is 0.486 e. The predicted octanol–water partition coefficient (Wildman–Crippen LogP) is 2.18. The summed E-state index contributed by atoms with van der Waals surface area (Å²) in [5.74, 6) is 1.62. The second kappa shape index (κ2) is 7.74. The fraction of sp³-hybridized carbons (Fsp3) is 0.650. The minimum absolute atomic E-state index is 0.0753. The number of carbonyl (C=O) groups is 1. The van der Waals surface area contributed by atoms with Gasteiger partial charge >= 0.3 is 6.03 Å². The number of urea groups is 1. The van der Waals surface area contributed by atoms with Crippen molar-refractivity contribution in [2.75, 3.05) is 45.9 Å². The van der Waals surface area contributed by atoms with Crippen LogP contribution in [-0.2, 0) is 6.42 Å². The molecule has 142 valence electrons. The van der Waals surface area contributed by atoms with Crippen LogP contribution in [0.2, 0.25) is 0 Å². The number of ether oxygens (including phenoxy) is 2. The lowest BCUT2D eigenvalue weighted by Crippen LogP contribution is -2.50. The van der Waals surface area contributed by atoms with Crippen LogP contribution in [0.4, 0.5) is 4.79 Å². The standard InChI is InChI=1S/C20H29N3O3/c24-19(23-11-6-20(7-12-23)4-9-21-10-5-20)22-8-3-16-1-2-17-18(15-16)26-14-13-25-17/h1-2,15,21H,3-14H2,(H,22,24). The monoisotopic (exact) mass is 359 g/mol. The highest BCUT2D eigenvalue weighted by Crippen LogP contribution is 2.39. The molecule has 3 aliphatic heterocycles. The van der Waals surface area contributed by atoms with Crippen LogP contribution in [0.15, 0.2) is 18.2 Å². The summed E-state index contributed by atoms with van der Waals surface area (Å²) in [6.07, 6.45) is 5.60. The number of piperidine rings is 2. The van der Waals surface area contributed by atoms with Crippen molar-refractivity contribution in [2.45, 2.75) is 32.1 Å². The van der Waals surface area contributed by atoms with E-state index in [4.69, 9.17) is 9.47 Å². The molecule has 0 aliphatic carbocycles. The third-order valence-electron chi connectivity index (χ3n) is 6.07. The second-order valence-corrected chi connectivity index (χ2v) is 7.70. The van der Waals surface area contributed by atoms with Crippen molar-refractivity contribution in [1.29, 1.82) is 0 Å². The number of benzene rings is 1. The second-order valence-electron chi connectivity index (χ2n) is 7.70. The van der Waals surface area contributed by atoms with Crippen molar-refractivity contribution >= 4 is 6.03 Å². The summed E-state index contributed by atoms with van der Waals surface area (Å²) in [6.45, 7) is 5.87. The molecule has 0 bridgehead atoms. The zero-order chi connectivity index (χ0) is 17.8. The van der Waals surface area contributed by atoms with Crippen LogP contribution in [0.3, 0.4) is 0 Å². The molecule has 1 spiro atoms. The van der Waals surface area contributed by atoms with Crippen molar-refractivity contribution in [2.24, 2.45) is 5.41 Å². The van der Waals surface area contributed by atoms with E-state index in [1.807, 2.05) is 23.1 Å². The van der Waals surface area contributed by atoms with Crippen LogP contribution in [0.25, 0.3) is 0 Å². The molecule has 4 rings (SSSR count). The topological polar surface area (TPSA) is 62.8 Å². The summed E-state index contributed by atoms with van der Waals surface area (Å²) in [4.78, 5) is 14.4. The van der Waals surface area contributed by atoms with E-state index in [2.05, 4.69) is 10.6 Å². The van der Waals surface area contributed by atoms with Gasteiger partial charge in [0, 0.05) is 19.6 Å². The highest BCUT2D eigenvalue weighted by molar-refractivity contribution is 5.74. The molecular weight excluding hydrogens is 330 g/mol. The van der Waals surface area contributed by atoms with Gasteiger partial charge in [-0.15, -0.1) is 0 Å². The first-order chi connectivity index (χ1) is 12.7. The Balaban J connectivity index is 1.22. The lowest BCUT2D eigenvalue weighted by Gasteiger charge is -2.44. The predicted molar refractivity (Wildman–Crippen MR) is 99.9 cm³/mol. The molecule has 0 aromatic heterocycles. The number of amides is 2. The van der Waals surface area contributed by atoms with Gasteiger partial charge in [-0.25, -0.2) is 4.79 Å². The molecule has 3 aliphatic rings. The smallest absolute Gasteiger partial charge is 0.317 e. The van der Waals surface area contributed by atoms with Crippen molar-refractivity contribution in [3.63, 3.8) is 0 Å². The zero-order valence-corrected chi connectivity index (χ0v) is 15.4. The first-order valence-electron chi connectivity index (χ1n) is 9.86. The molecular formula is C20H29N3O3. The fourth-order valence-electron chi connectivity index (χ4n) is 4.31. The maximum atomic E-state index is 12.4. The van der Waals surface area contributed by atoms with Gasteiger partial charge in [-0.05, 0) is 68.3 Å². The Morgan fingerprint density at radius 1 is 1.08 bits per heavy atom. The van der Waals surface area contributed by atoms with E-state index in [9.17, 15) is 4.79 Å². The Bertz CT molecular complexity index is 633. The highest BCUT2D eigenvalue weighted by atomic mass is 16.6. The Kier molecular flexibility index (Phi) is 5.20. The number of hydrogen-bond acceptors (Lipinski definition) is 4. The first-order valence-corrected chi connectivity index (χ1v) is 9.86. The van der Waals surface area contributed by atoms with Crippen molar-refractivity contribution in [3.05, 3.63) is 23.8 Å². The summed E-state index contributed by atoms with van der Waals surface area (Å²) in [6, 6.07) is 6.09. The molecule has 2 fully saturated rings. The summed E-state index contributed by atoms with van der Waals surface area (Å²) < 4.78 is 11.2. The molecule has 2 N–H and O–H groups in total. The number of carbonyl (C=O) groups excluding carboxylic acids is 1. The average Bonchev–Trinajstić information content (AvgIpc) is 2.69. The Labute approximate surface area is 155 Å². The van der Waals surface area contributed by atoms with E-state index < -0.39 is 0 Å². The van der Waals surface area contributed by atoms with Crippen LogP contribution in [0, 0.1) is 5.41 Å². The van der Waals surface area contributed by atoms with Gasteiger partial charge in [0.2, 0.25) is 0 Å². The number of fused-ring (bicyclic) bond motifs is 1. The average molecular weight is 359 g/mol. The Hall–Kier alpha value is -1.95. The van der Waals surface area contributed by atoms with E-state index in [0.29, 0.717) is 25.2 Å². The minimum Gasteiger partial charge on any atom is -0.486 e. The van der Waals surface area contributed by atoms with Crippen LogP contribution >= 0.6 is 0 Å². The van der Waals surface area contributed by atoms with E-state index >= 15 is 0 Å². The maximum Gasteiger partial charge on any atom is 0.317 e. The van der Waals surface area contributed by atoms with Crippen molar-refractivity contribution in [1.82, 2.24) is 15.5 Å². The number of rotatable bonds is 3. The Morgan fingerprint density at radius 2 is 1.81 bits per heavy atom. The lowest BCUT2D eigenvalue weighted by molar-refractivity contribution is 0.0875. The molecule has 0 radical (unpaired) electrons. The molecule has 6 nitrogen and oxygen atoms in total. The summed E-state index contributed by atoms with van der Waals surface area (Å²) in [5.41, 5.74) is 1.63. The SMILES string of the molecule is O=C(NCCc1ccc2c(c1)OCCO2)N1CCC2(CCNCC2)CC1. The molecule has 0 unspecified atom stereocenters. The molecule has 0 saturated carbocycles. The van der Waals surface area contributed by atoms with E-state index in [-0.39, 0.29) is 6.03 Å². The number of likely N-dealkylation sites (tertiary alicyclic amines) is 1. The van der Waals surface area contributed by atoms with E-state index in [0.717, 1.165) is 62.5 Å². The molecule has 26 heavy (non-hydrogen) atoms. The molecule has 1 aromatic carbocycles. The Morgan fingerprint density at radius 3 is 2.58 bits per heavy atom. The van der Waals surface area contributed by atoms with Gasteiger partial charge < -0.3 is 25.0 Å². The number of hydrogen-bond donors (Lipinski definition) is 2. The molecule has 2 saturated heterocycles. The van der Waals surface area contributed by atoms with Crippen LogP contribution in [0.1, 0.15) is 31.2 Å². The zero-order valence-electron chi connectivity index (χ0n) is 15.4. The van der Waals surface area contributed by atoms with Crippen LogP contribution < -0.4 is 20.1 Å². The van der Waals surface area contributed by atoms with Gasteiger partial charge in [-0.2, -0.15) is 0 Å². The first kappa shape index (κ1) is 17.5. The van der Waals surface area contributed by atoms with Gasteiger partial charge in [-0.1, -0.05) is 6.07 Å². The number of nitrogens with one attached hydrogen (secondary N) is 2. The lowest BCUT2D eigenvalue weighted by atomic mass is 9.72. The third kappa shape index (κ3) is 3.90. The summed E-state index contributed by atoms with van der Waals surface area (Å²) >= 11 is 0. The minimum atomic E-state index is 0.0753. The van der Waals surface area contributed by atoms with Gasteiger partial charge in [0.1, 0.15) is 13.2 Å². The number of nitrogens with zero attached hydrogens (tertiary/aromatic N) is 1. The summed E-state index contributed by atoms with van der Waals surface area (Å²) in [5, 5.41) is 6.52. The maximum absolute atomic E-state index is 12.4. The fourth-order valence-corrected chi connectivity index (χ4v) is 4.31. The van der Waals surface area contributed by atoms with Gasteiger partial charge in [0.25, 0.3) is 0 Å². The van der Waals surface area contributed by atoms with Gasteiger partial charge in [-0.3, -0.25) is 0 Å². The molecule has 1 aromatic rings.